The van der Waals surface area contributed by atoms with Crippen molar-refractivity contribution in [3.8, 4) is 0 Å². The van der Waals surface area contributed by atoms with Gasteiger partial charge in [-0.1, -0.05) is 25.7 Å². The zero-order valence-corrected chi connectivity index (χ0v) is 10.7. The number of alkyl halides is 3. The van der Waals surface area contributed by atoms with Gasteiger partial charge in [-0.15, -0.1) is 10.2 Å². The van der Waals surface area contributed by atoms with Crippen molar-refractivity contribution in [2.24, 2.45) is 5.92 Å². The van der Waals surface area contributed by atoms with Crippen molar-refractivity contribution in [2.45, 2.75) is 44.7 Å². The van der Waals surface area contributed by atoms with Gasteiger partial charge in [0.15, 0.2) is 5.69 Å². The van der Waals surface area contributed by atoms with Crippen molar-refractivity contribution in [3.05, 3.63) is 17.8 Å². The topological polar surface area (TPSA) is 37.8 Å². The summed E-state index contributed by atoms with van der Waals surface area (Å²) in [6, 6.07) is 2.28. The standard InChI is InChI=1S/C13H18F3N3/c14-13(15,16)11-7-8-12(19-18-11)17-9-3-6-10-4-1-2-5-10/h7-8,10H,1-6,9H2,(H,17,19). The van der Waals surface area contributed by atoms with Crippen LogP contribution in [0.4, 0.5) is 19.0 Å². The Balaban J connectivity index is 1.71. The van der Waals surface area contributed by atoms with E-state index in [-0.39, 0.29) is 0 Å². The van der Waals surface area contributed by atoms with E-state index in [1.807, 2.05) is 0 Å². The second kappa shape index (κ2) is 6.21. The molecule has 1 aromatic rings. The van der Waals surface area contributed by atoms with Gasteiger partial charge in [0.05, 0.1) is 0 Å². The maximum absolute atomic E-state index is 12.3. The second-order valence-corrected chi connectivity index (χ2v) is 5.02. The Labute approximate surface area is 110 Å². The predicted molar refractivity (Wildman–Crippen MR) is 66.7 cm³/mol. The molecule has 6 heteroatoms. The molecule has 1 aliphatic rings. The molecule has 0 saturated heterocycles. The summed E-state index contributed by atoms with van der Waals surface area (Å²) in [5.41, 5.74) is -0.955. The van der Waals surface area contributed by atoms with Crippen LogP contribution < -0.4 is 5.32 Å². The van der Waals surface area contributed by atoms with Crippen LogP contribution in [0.15, 0.2) is 12.1 Å². The largest absolute Gasteiger partial charge is 0.435 e. The molecule has 0 spiro atoms. The Morgan fingerprint density at radius 1 is 1.16 bits per heavy atom. The number of anilines is 1. The van der Waals surface area contributed by atoms with Crippen molar-refractivity contribution in [1.82, 2.24) is 10.2 Å². The van der Waals surface area contributed by atoms with Gasteiger partial charge < -0.3 is 5.32 Å². The molecule has 1 heterocycles. The summed E-state index contributed by atoms with van der Waals surface area (Å²) >= 11 is 0. The molecular weight excluding hydrogens is 255 g/mol. The molecule has 19 heavy (non-hydrogen) atoms. The van der Waals surface area contributed by atoms with Crippen molar-refractivity contribution in [2.75, 3.05) is 11.9 Å². The first-order valence-electron chi connectivity index (χ1n) is 6.70. The summed E-state index contributed by atoms with van der Waals surface area (Å²) in [5, 5.41) is 9.71. The van der Waals surface area contributed by atoms with Gasteiger partial charge in [0.1, 0.15) is 5.82 Å². The summed E-state index contributed by atoms with van der Waals surface area (Å²) in [6.07, 6.45) is 3.09. The Hall–Kier alpha value is -1.33. The molecule has 0 aromatic carbocycles. The molecule has 0 radical (unpaired) electrons. The van der Waals surface area contributed by atoms with Gasteiger partial charge in [-0.05, 0) is 30.9 Å². The Morgan fingerprint density at radius 2 is 1.89 bits per heavy atom. The number of hydrogen-bond acceptors (Lipinski definition) is 3. The van der Waals surface area contributed by atoms with Gasteiger partial charge in [0.25, 0.3) is 0 Å². The van der Waals surface area contributed by atoms with Gasteiger partial charge in [-0.3, -0.25) is 0 Å². The molecule has 1 N–H and O–H groups in total. The second-order valence-electron chi connectivity index (χ2n) is 5.02. The van der Waals surface area contributed by atoms with Crippen LogP contribution in [-0.4, -0.2) is 16.7 Å². The first kappa shape index (κ1) is 14.1. The minimum Gasteiger partial charge on any atom is -0.369 e. The van der Waals surface area contributed by atoms with Crippen LogP contribution in [0, 0.1) is 5.92 Å². The molecule has 2 rings (SSSR count). The van der Waals surface area contributed by atoms with E-state index < -0.39 is 11.9 Å². The molecule has 1 saturated carbocycles. The summed E-state index contributed by atoms with van der Waals surface area (Å²) in [6.45, 7) is 0.733. The first-order chi connectivity index (χ1) is 9.05. The summed E-state index contributed by atoms with van der Waals surface area (Å²) in [5.74, 6) is 1.24. The number of nitrogens with zero attached hydrogens (tertiary/aromatic N) is 2. The number of halogens is 3. The number of hydrogen-bond donors (Lipinski definition) is 1. The van der Waals surface area contributed by atoms with Gasteiger partial charge in [-0.2, -0.15) is 13.2 Å². The van der Waals surface area contributed by atoms with Crippen LogP contribution in [0.3, 0.4) is 0 Å². The molecule has 106 valence electrons. The van der Waals surface area contributed by atoms with Crippen LogP contribution in [-0.2, 0) is 6.18 Å². The molecule has 3 nitrogen and oxygen atoms in total. The lowest BCUT2D eigenvalue weighted by Crippen LogP contribution is -2.11. The lowest BCUT2D eigenvalue weighted by molar-refractivity contribution is -0.141. The third kappa shape index (κ3) is 4.36. The van der Waals surface area contributed by atoms with E-state index in [0.717, 1.165) is 24.9 Å². The minimum absolute atomic E-state index is 0.402. The normalized spacial score (nSPS) is 16.8. The molecule has 0 unspecified atom stereocenters. The van der Waals surface area contributed by atoms with Gasteiger partial charge >= 0.3 is 6.18 Å². The van der Waals surface area contributed by atoms with Crippen LogP contribution in [0.5, 0.6) is 0 Å². The minimum atomic E-state index is -4.42. The number of aromatic nitrogens is 2. The summed E-state index contributed by atoms with van der Waals surface area (Å²) in [4.78, 5) is 0. The van der Waals surface area contributed by atoms with E-state index >= 15 is 0 Å². The molecule has 1 aliphatic carbocycles. The van der Waals surface area contributed by atoms with E-state index in [1.54, 1.807) is 0 Å². The molecule has 0 aliphatic heterocycles. The molecule has 1 fully saturated rings. The van der Waals surface area contributed by atoms with Gasteiger partial charge in [0, 0.05) is 6.54 Å². The predicted octanol–water partition coefficient (Wildman–Crippen LogP) is 3.88. The molecular formula is C13H18F3N3. The molecule has 0 bridgehead atoms. The van der Waals surface area contributed by atoms with E-state index in [4.69, 9.17) is 0 Å². The van der Waals surface area contributed by atoms with Crippen LogP contribution in [0.1, 0.15) is 44.2 Å². The quantitative estimate of drug-likeness (QED) is 0.827. The van der Waals surface area contributed by atoms with Gasteiger partial charge in [-0.25, -0.2) is 0 Å². The zero-order chi connectivity index (χ0) is 13.7. The third-order valence-electron chi connectivity index (χ3n) is 3.52. The van der Waals surface area contributed by atoms with E-state index in [2.05, 4.69) is 15.5 Å². The average molecular weight is 273 g/mol. The maximum Gasteiger partial charge on any atom is 0.435 e. The van der Waals surface area contributed by atoms with Crippen LogP contribution >= 0.6 is 0 Å². The zero-order valence-electron chi connectivity index (χ0n) is 10.7. The van der Waals surface area contributed by atoms with Crippen molar-refractivity contribution >= 4 is 5.82 Å². The highest BCUT2D eigenvalue weighted by molar-refractivity contribution is 5.33. The van der Waals surface area contributed by atoms with E-state index in [1.165, 1.54) is 38.2 Å². The maximum atomic E-state index is 12.3. The average Bonchev–Trinajstić information content (AvgIpc) is 2.87. The first-order valence-corrected chi connectivity index (χ1v) is 6.70. The van der Waals surface area contributed by atoms with Crippen LogP contribution in [0.2, 0.25) is 0 Å². The molecule has 0 atom stereocenters. The Morgan fingerprint density at radius 3 is 2.47 bits per heavy atom. The third-order valence-corrected chi connectivity index (χ3v) is 3.52. The Kier molecular flexibility index (Phi) is 4.61. The van der Waals surface area contributed by atoms with Crippen molar-refractivity contribution in [1.29, 1.82) is 0 Å². The SMILES string of the molecule is FC(F)(F)c1ccc(NCCCC2CCCC2)nn1. The van der Waals surface area contributed by atoms with Crippen molar-refractivity contribution < 1.29 is 13.2 Å². The molecule has 0 amide bonds. The smallest absolute Gasteiger partial charge is 0.369 e. The monoisotopic (exact) mass is 273 g/mol. The number of rotatable bonds is 5. The fourth-order valence-corrected chi connectivity index (χ4v) is 2.48. The highest BCUT2D eigenvalue weighted by Gasteiger charge is 2.32. The van der Waals surface area contributed by atoms with Gasteiger partial charge in [0.2, 0.25) is 0 Å². The van der Waals surface area contributed by atoms with E-state index in [0.29, 0.717) is 5.82 Å². The van der Waals surface area contributed by atoms with Crippen molar-refractivity contribution in [3.63, 3.8) is 0 Å². The highest BCUT2D eigenvalue weighted by atomic mass is 19.4. The lowest BCUT2D eigenvalue weighted by atomic mass is 10.0. The molecule has 1 aromatic heterocycles. The van der Waals surface area contributed by atoms with E-state index in [9.17, 15) is 13.2 Å². The van der Waals surface area contributed by atoms with Crippen LogP contribution in [0.25, 0.3) is 0 Å². The Bertz CT molecular complexity index is 383. The summed E-state index contributed by atoms with van der Waals surface area (Å²) < 4.78 is 36.8. The fourth-order valence-electron chi connectivity index (χ4n) is 2.48. The fraction of sp³-hybridized carbons (Fsp3) is 0.692. The lowest BCUT2D eigenvalue weighted by Gasteiger charge is -2.10. The number of nitrogens with one attached hydrogen (secondary N) is 1. The highest BCUT2D eigenvalue weighted by Crippen LogP contribution is 2.28. The summed E-state index contributed by atoms with van der Waals surface area (Å²) in [7, 11) is 0.